The average molecular weight is 555 g/mol. The third-order valence-corrected chi connectivity index (χ3v) is 8.99. The van der Waals surface area contributed by atoms with Gasteiger partial charge in [-0.3, -0.25) is 19.2 Å². The van der Waals surface area contributed by atoms with Crippen molar-refractivity contribution in [2.75, 3.05) is 6.61 Å². The van der Waals surface area contributed by atoms with E-state index in [9.17, 15) is 24.3 Å². The number of epoxide rings is 1. The van der Waals surface area contributed by atoms with Gasteiger partial charge in [0, 0.05) is 51.9 Å². The van der Waals surface area contributed by atoms with Gasteiger partial charge in [-0.15, -0.1) is 0 Å². The lowest BCUT2D eigenvalue weighted by Crippen LogP contribution is -2.65. The summed E-state index contributed by atoms with van der Waals surface area (Å²) in [5.41, 5.74) is -3.67. The molecule has 39 heavy (non-hydrogen) atoms. The standard InChI is InChI=1S/C28H42O11/c1-13(2)20-21-22(28(12-34-28)25(37-16(5)31)23(20)36-15(4)30)18-11-26(7,33)19(35-14(3)29)9-10-27(8,24(21)38-18)39-17(6)32/h13,18-25,33H,9-12H2,1-8H3/t18-,19+,20-,21-,22-,23+,24-,25+,26+,27-,28-/m1/s1. The van der Waals surface area contributed by atoms with Gasteiger partial charge in [0.1, 0.15) is 35.1 Å². The van der Waals surface area contributed by atoms with Gasteiger partial charge in [0.25, 0.3) is 0 Å². The number of carbonyl (C=O) groups is 4. The summed E-state index contributed by atoms with van der Waals surface area (Å²) in [4.78, 5) is 49.0. The Bertz CT molecular complexity index is 1000. The van der Waals surface area contributed by atoms with Crippen LogP contribution in [0.1, 0.15) is 74.7 Å². The Balaban J connectivity index is 1.89. The maximum Gasteiger partial charge on any atom is 0.303 e. The molecule has 11 atom stereocenters. The summed E-state index contributed by atoms with van der Waals surface area (Å²) in [6, 6.07) is 0. The molecule has 4 aliphatic rings. The van der Waals surface area contributed by atoms with Gasteiger partial charge in [0.05, 0.1) is 12.7 Å². The van der Waals surface area contributed by atoms with Gasteiger partial charge in [-0.25, -0.2) is 0 Å². The van der Waals surface area contributed by atoms with Crippen LogP contribution >= 0.6 is 0 Å². The quantitative estimate of drug-likeness (QED) is 0.303. The van der Waals surface area contributed by atoms with Gasteiger partial charge in [-0.05, 0) is 32.6 Å². The summed E-state index contributed by atoms with van der Waals surface area (Å²) >= 11 is 0. The van der Waals surface area contributed by atoms with Crippen LogP contribution in [0.25, 0.3) is 0 Å². The first-order valence-electron chi connectivity index (χ1n) is 13.8. The highest BCUT2D eigenvalue weighted by molar-refractivity contribution is 5.68. The third kappa shape index (κ3) is 5.41. The second kappa shape index (κ2) is 10.3. The van der Waals surface area contributed by atoms with E-state index < -0.39 is 77.1 Å². The first-order valence-corrected chi connectivity index (χ1v) is 13.8. The van der Waals surface area contributed by atoms with Crippen LogP contribution in [0.4, 0.5) is 0 Å². The van der Waals surface area contributed by atoms with E-state index >= 15 is 0 Å². The zero-order valence-electron chi connectivity index (χ0n) is 24.1. The highest BCUT2D eigenvalue weighted by Gasteiger charge is 2.76. The highest BCUT2D eigenvalue weighted by Crippen LogP contribution is 2.63. The molecule has 0 aromatic heterocycles. The minimum atomic E-state index is -1.48. The molecule has 3 aliphatic heterocycles. The molecule has 1 spiro atoms. The van der Waals surface area contributed by atoms with E-state index in [1.165, 1.54) is 27.7 Å². The molecular formula is C28H42O11. The molecule has 0 unspecified atom stereocenters. The molecule has 4 fully saturated rings. The lowest BCUT2D eigenvalue weighted by molar-refractivity contribution is -0.208. The van der Waals surface area contributed by atoms with Crippen molar-refractivity contribution in [2.24, 2.45) is 23.7 Å². The third-order valence-electron chi connectivity index (χ3n) is 8.99. The van der Waals surface area contributed by atoms with Crippen molar-refractivity contribution in [1.29, 1.82) is 0 Å². The topological polar surface area (TPSA) is 147 Å². The van der Waals surface area contributed by atoms with Crippen LogP contribution < -0.4 is 0 Å². The smallest absolute Gasteiger partial charge is 0.303 e. The fourth-order valence-electron chi connectivity index (χ4n) is 7.67. The molecule has 0 radical (unpaired) electrons. The Kier molecular flexibility index (Phi) is 7.86. The van der Waals surface area contributed by atoms with Gasteiger partial charge >= 0.3 is 23.9 Å². The minimum Gasteiger partial charge on any atom is -0.460 e. The van der Waals surface area contributed by atoms with Crippen LogP contribution in [0.3, 0.4) is 0 Å². The summed E-state index contributed by atoms with van der Waals surface area (Å²) in [6.07, 6.45) is -3.30. The van der Waals surface area contributed by atoms with Crippen molar-refractivity contribution < 1.29 is 52.7 Å². The number of carbonyl (C=O) groups excluding carboxylic acids is 4. The number of ether oxygens (including phenoxy) is 6. The van der Waals surface area contributed by atoms with E-state index in [0.29, 0.717) is 0 Å². The molecule has 4 rings (SSSR count). The van der Waals surface area contributed by atoms with Crippen LogP contribution in [-0.4, -0.2) is 82.9 Å². The summed E-state index contributed by atoms with van der Waals surface area (Å²) in [7, 11) is 0. The Labute approximate surface area is 229 Å². The van der Waals surface area contributed by atoms with Crippen LogP contribution in [0.15, 0.2) is 0 Å². The lowest BCUT2D eigenvalue weighted by Gasteiger charge is -2.52. The number of hydrogen-bond donors (Lipinski definition) is 1. The molecule has 220 valence electrons. The van der Waals surface area contributed by atoms with Gasteiger partial charge in [0.2, 0.25) is 0 Å². The number of aliphatic hydroxyl groups is 1. The molecule has 0 amide bonds. The highest BCUT2D eigenvalue weighted by atomic mass is 16.7. The summed E-state index contributed by atoms with van der Waals surface area (Å²) < 4.78 is 36.1. The molecule has 0 aromatic rings. The zero-order chi connectivity index (χ0) is 29.1. The summed E-state index contributed by atoms with van der Waals surface area (Å²) in [5.74, 6) is -3.22. The van der Waals surface area contributed by atoms with E-state index in [1.54, 1.807) is 13.8 Å². The van der Waals surface area contributed by atoms with Gasteiger partial charge in [-0.1, -0.05) is 13.8 Å². The van der Waals surface area contributed by atoms with E-state index in [2.05, 4.69) is 0 Å². The first-order chi connectivity index (χ1) is 18.0. The van der Waals surface area contributed by atoms with Crippen molar-refractivity contribution >= 4 is 23.9 Å². The van der Waals surface area contributed by atoms with E-state index in [-0.39, 0.29) is 43.6 Å². The molecular weight excluding hydrogens is 512 g/mol. The van der Waals surface area contributed by atoms with Crippen molar-refractivity contribution in [3.63, 3.8) is 0 Å². The number of rotatable bonds is 5. The van der Waals surface area contributed by atoms with Crippen molar-refractivity contribution in [1.82, 2.24) is 0 Å². The van der Waals surface area contributed by atoms with E-state index in [4.69, 9.17) is 28.4 Å². The van der Waals surface area contributed by atoms with Crippen LogP contribution in [-0.2, 0) is 47.6 Å². The lowest BCUT2D eigenvalue weighted by atomic mass is 9.56. The summed E-state index contributed by atoms with van der Waals surface area (Å²) in [6.45, 7) is 12.9. The second-order valence-corrected chi connectivity index (χ2v) is 12.5. The van der Waals surface area contributed by atoms with Crippen LogP contribution in [0, 0.1) is 23.7 Å². The Morgan fingerprint density at radius 2 is 1.51 bits per heavy atom. The second-order valence-electron chi connectivity index (χ2n) is 12.5. The van der Waals surface area contributed by atoms with Crippen LogP contribution in [0.2, 0.25) is 0 Å². The maximum absolute atomic E-state index is 12.4. The van der Waals surface area contributed by atoms with Gasteiger partial charge in [-0.2, -0.15) is 0 Å². The predicted octanol–water partition coefficient (Wildman–Crippen LogP) is 2.09. The molecule has 11 heteroatoms. The molecule has 1 N–H and O–H groups in total. The summed E-state index contributed by atoms with van der Waals surface area (Å²) in [5, 5.41) is 11.7. The maximum atomic E-state index is 12.4. The number of fused-ring (bicyclic) bond motifs is 6. The Morgan fingerprint density at radius 1 is 0.923 bits per heavy atom. The van der Waals surface area contributed by atoms with E-state index in [0.717, 1.165) is 0 Å². The fourth-order valence-corrected chi connectivity index (χ4v) is 7.67. The monoisotopic (exact) mass is 554 g/mol. The van der Waals surface area contributed by atoms with Crippen molar-refractivity contribution in [3.05, 3.63) is 0 Å². The average Bonchev–Trinajstić information content (AvgIpc) is 3.46. The van der Waals surface area contributed by atoms with Gasteiger partial charge in [0.15, 0.2) is 6.10 Å². The van der Waals surface area contributed by atoms with Gasteiger partial charge < -0.3 is 33.5 Å². The van der Waals surface area contributed by atoms with Crippen molar-refractivity contribution in [3.8, 4) is 0 Å². The largest absolute Gasteiger partial charge is 0.460 e. The number of esters is 4. The Hall–Kier alpha value is -2.24. The molecule has 1 saturated carbocycles. The molecule has 2 bridgehead atoms. The molecule has 3 saturated heterocycles. The molecule has 0 aromatic carbocycles. The van der Waals surface area contributed by atoms with Crippen LogP contribution in [0.5, 0.6) is 0 Å². The SMILES string of the molecule is CC(=O)O[C@H]1[C@H](C(C)C)[C@@H]2[C@@H]([C@H]3C[C@](C)(O)[C@@H](OC(C)=O)CC[C@@](C)(OC(C)=O)[C@@H]2O3)[C@]2(CO2)[C@H]1OC(C)=O. The van der Waals surface area contributed by atoms with E-state index in [1.807, 2.05) is 13.8 Å². The number of hydrogen-bond acceptors (Lipinski definition) is 11. The van der Waals surface area contributed by atoms with Crippen molar-refractivity contribution in [2.45, 2.75) is 122 Å². The molecule has 11 nitrogen and oxygen atoms in total. The minimum absolute atomic E-state index is 0.0559. The fraction of sp³-hybridized carbons (Fsp3) is 0.857. The predicted molar refractivity (Wildman–Crippen MR) is 134 cm³/mol. The Morgan fingerprint density at radius 3 is 2.00 bits per heavy atom. The molecule has 1 aliphatic carbocycles. The zero-order valence-corrected chi connectivity index (χ0v) is 24.1. The normalized spacial score (nSPS) is 44.9. The molecule has 3 heterocycles. The first kappa shape index (κ1) is 29.7.